The highest BCUT2D eigenvalue weighted by molar-refractivity contribution is 5.78. The highest BCUT2D eigenvalue weighted by atomic mass is 19.2. The summed E-state index contributed by atoms with van der Waals surface area (Å²) in [5.74, 6) is -3.16. The third-order valence-corrected chi connectivity index (χ3v) is 4.02. The zero-order valence-electron chi connectivity index (χ0n) is 15.2. The van der Waals surface area contributed by atoms with Gasteiger partial charge in [-0.15, -0.1) is 0 Å². The molecule has 0 aliphatic heterocycles. The van der Waals surface area contributed by atoms with E-state index >= 15 is 0 Å². The van der Waals surface area contributed by atoms with Gasteiger partial charge in [-0.2, -0.15) is 0 Å². The van der Waals surface area contributed by atoms with E-state index in [0.29, 0.717) is 5.75 Å². The first-order valence-corrected chi connectivity index (χ1v) is 8.40. The number of nitrogens with zero attached hydrogens (tertiary/aromatic N) is 1. The Morgan fingerprint density at radius 2 is 1.89 bits per heavy atom. The molecule has 0 saturated carbocycles. The molecule has 2 aromatic rings. The topological polar surface area (TPSA) is 66.8 Å². The predicted molar refractivity (Wildman–Crippen MR) is 95.4 cm³/mol. The largest absolute Gasteiger partial charge is 0.484 e. The molecule has 2 rings (SSSR count). The molecule has 2 aromatic carbocycles. The summed E-state index contributed by atoms with van der Waals surface area (Å²) in [5.41, 5.74) is 1.88. The van der Waals surface area contributed by atoms with Crippen molar-refractivity contribution in [2.45, 2.75) is 26.8 Å². The fourth-order valence-corrected chi connectivity index (χ4v) is 2.59. The summed E-state index contributed by atoms with van der Waals surface area (Å²) in [7, 11) is 0. The average molecular weight is 377 g/mol. The fraction of sp³-hybridized carbons (Fsp3) is 0.300. The minimum atomic E-state index is -1.09. The van der Waals surface area contributed by atoms with Crippen LogP contribution in [0.4, 0.5) is 8.78 Å². The number of aryl methyl sites for hydroxylation is 2. The van der Waals surface area contributed by atoms with E-state index < -0.39 is 23.5 Å². The zero-order valence-corrected chi connectivity index (χ0v) is 15.2. The van der Waals surface area contributed by atoms with Crippen LogP contribution in [0.5, 0.6) is 5.75 Å². The molecular weight excluding hydrogens is 356 g/mol. The first kappa shape index (κ1) is 20.4. The number of carbonyl (C=O) groups is 2. The predicted octanol–water partition coefficient (Wildman–Crippen LogP) is 3.46. The molecule has 0 saturated heterocycles. The normalized spacial score (nSPS) is 10.5. The van der Waals surface area contributed by atoms with Gasteiger partial charge in [0.05, 0.1) is 6.42 Å². The molecule has 0 fully saturated rings. The summed E-state index contributed by atoms with van der Waals surface area (Å²) < 4.78 is 32.8. The van der Waals surface area contributed by atoms with Gasteiger partial charge in [-0.05, 0) is 31.5 Å². The van der Waals surface area contributed by atoms with Crippen LogP contribution < -0.4 is 4.74 Å². The van der Waals surface area contributed by atoms with Crippen molar-refractivity contribution in [2.24, 2.45) is 0 Å². The van der Waals surface area contributed by atoms with E-state index in [1.165, 1.54) is 12.1 Å². The number of carboxylic acid groups (broad SMARTS) is 1. The molecule has 0 spiro atoms. The average Bonchev–Trinajstić information content (AvgIpc) is 2.61. The van der Waals surface area contributed by atoms with Crippen molar-refractivity contribution in [1.82, 2.24) is 4.90 Å². The first-order chi connectivity index (χ1) is 12.8. The first-order valence-electron chi connectivity index (χ1n) is 8.40. The molecule has 1 amide bonds. The molecule has 0 heterocycles. The number of aliphatic carboxylic acids is 1. The Kier molecular flexibility index (Phi) is 6.87. The van der Waals surface area contributed by atoms with Crippen molar-refractivity contribution in [3.8, 4) is 5.75 Å². The summed E-state index contributed by atoms with van der Waals surface area (Å²) >= 11 is 0. The van der Waals surface area contributed by atoms with Crippen LogP contribution in [-0.2, 0) is 16.1 Å². The standard InChI is InChI=1S/C20H21F2NO4/c1-13-6-7-17(14(2)10-13)27-12-18(24)23(9-8-19(25)26)11-15-4-3-5-16(21)20(15)22/h3-7,10H,8-9,11-12H2,1-2H3,(H,25,26). The van der Waals surface area contributed by atoms with Gasteiger partial charge in [0.25, 0.3) is 5.91 Å². The fourth-order valence-electron chi connectivity index (χ4n) is 2.59. The summed E-state index contributed by atoms with van der Waals surface area (Å²) in [6.45, 7) is 3.06. The molecule has 7 heteroatoms. The molecule has 0 aromatic heterocycles. The van der Waals surface area contributed by atoms with Crippen LogP contribution in [0.15, 0.2) is 36.4 Å². The Hall–Kier alpha value is -2.96. The van der Waals surface area contributed by atoms with Crippen LogP contribution in [0.2, 0.25) is 0 Å². The summed E-state index contributed by atoms with van der Waals surface area (Å²) in [4.78, 5) is 24.5. The van der Waals surface area contributed by atoms with Gasteiger partial charge in [0.15, 0.2) is 18.2 Å². The lowest BCUT2D eigenvalue weighted by Gasteiger charge is -2.23. The van der Waals surface area contributed by atoms with Crippen molar-refractivity contribution < 1.29 is 28.2 Å². The third kappa shape index (κ3) is 5.77. The second-order valence-corrected chi connectivity index (χ2v) is 6.23. The number of amides is 1. The number of ether oxygens (including phenoxy) is 1. The van der Waals surface area contributed by atoms with E-state index in [1.807, 2.05) is 26.0 Å². The monoisotopic (exact) mass is 377 g/mol. The van der Waals surface area contributed by atoms with E-state index in [-0.39, 0.29) is 31.7 Å². The summed E-state index contributed by atoms with van der Waals surface area (Å²) in [5, 5.41) is 8.88. The molecule has 0 bridgehead atoms. The van der Waals surface area contributed by atoms with E-state index in [2.05, 4.69) is 0 Å². The minimum Gasteiger partial charge on any atom is -0.484 e. The Bertz CT molecular complexity index is 839. The third-order valence-electron chi connectivity index (χ3n) is 4.02. The van der Waals surface area contributed by atoms with E-state index in [0.717, 1.165) is 22.1 Å². The Morgan fingerprint density at radius 3 is 2.56 bits per heavy atom. The van der Waals surface area contributed by atoms with Crippen LogP contribution >= 0.6 is 0 Å². The molecule has 0 aliphatic carbocycles. The highest BCUT2D eigenvalue weighted by Crippen LogP contribution is 2.19. The zero-order chi connectivity index (χ0) is 20.0. The number of halogens is 2. The number of hydrogen-bond donors (Lipinski definition) is 1. The number of benzene rings is 2. The van der Waals surface area contributed by atoms with Crippen molar-refractivity contribution in [3.05, 3.63) is 64.7 Å². The smallest absolute Gasteiger partial charge is 0.305 e. The van der Waals surface area contributed by atoms with Crippen LogP contribution in [0.3, 0.4) is 0 Å². The van der Waals surface area contributed by atoms with Gasteiger partial charge >= 0.3 is 5.97 Å². The van der Waals surface area contributed by atoms with Crippen molar-refractivity contribution in [1.29, 1.82) is 0 Å². The molecular formula is C20H21F2NO4. The van der Waals surface area contributed by atoms with E-state index in [9.17, 15) is 18.4 Å². The van der Waals surface area contributed by atoms with Gasteiger partial charge in [0.2, 0.25) is 0 Å². The lowest BCUT2D eigenvalue weighted by Crippen LogP contribution is -2.36. The Labute approximate surface area is 156 Å². The van der Waals surface area contributed by atoms with Crippen LogP contribution in [0, 0.1) is 25.5 Å². The van der Waals surface area contributed by atoms with E-state index in [1.54, 1.807) is 6.07 Å². The summed E-state index contributed by atoms with van der Waals surface area (Å²) in [6.07, 6.45) is -0.313. The number of rotatable bonds is 8. The molecule has 5 nitrogen and oxygen atoms in total. The molecule has 144 valence electrons. The van der Waals surface area contributed by atoms with Crippen LogP contribution in [0.25, 0.3) is 0 Å². The SMILES string of the molecule is Cc1ccc(OCC(=O)N(CCC(=O)O)Cc2cccc(F)c2F)c(C)c1. The maximum absolute atomic E-state index is 13.9. The van der Waals surface area contributed by atoms with Gasteiger partial charge in [-0.3, -0.25) is 9.59 Å². The molecule has 0 unspecified atom stereocenters. The van der Waals surface area contributed by atoms with Crippen molar-refractivity contribution in [3.63, 3.8) is 0 Å². The molecule has 1 N–H and O–H groups in total. The van der Waals surface area contributed by atoms with Crippen molar-refractivity contribution >= 4 is 11.9 Å². The highest BCUT2D eigenvalue weighted by Gasteiger charge is 2.19. The van der Waals surface area contributed by atoms with Crippen LogP contribution in [-0.4, -0.2) is 35.0 Å². The molecule has 0 atom stereocenters. The number of carboxylic acids is 1. The second-order valence-electron chi connectivity index (χ2n) is 6.23. The minimum absolute atomic E-state index is 0.0275. The van der Waals surface area contributed by atoms with Gasteiger partial charge in [0, 0.05) is 18.7 Å². The quantitative estimate of drug-likeness (QED) is 0.765. The van der Waals surface area contributed by atoms with Gasteiger partial charge in [-0.1, -0.05) is 29.8 Å². The molecule has 0 aliphatic rings. The maximum Gasteiger partial charge on any atom is 0.305 e. The number of carbonyl (C=O) groups excluding carboxylic acids is 1. The van der Waals surface area contributed by atoms with Gasteiger partial charge < -0.3 is 14.7 Å². The number of hydrogen-bond acceptors (Lipinski definition) is 3. The second kappa shape index (κ2) is 9.12. The van der Waals surface area contributed by atoms with Crippen molar-refractivity contribution in [2.75, 3.05) is 13.2 Å². The lowest BCUT2D eigenvalue weighted by atomic mass is 10.1. The maximum atomic E-state index is 13.9. The van der Waals surface area contributed by atoms with E-state index in [4.69, 9.17) is 9.84 Å². The Morgan fingerprint density at radius 1 is 1.15 bits per heavy atom. The summed E-state index contributed by atoms with van der Waals surface area (Å²) in [6, 6.07) is 9.16. The Balaban J connectivity index is 2.10. The lowest BCUT2D eigenvalue weighted by molar-refractivity contribution is -0.139. The van der Waals surface area contributed by atoms with Crippen LogP contribution in [0.1, 0.15) is 23.1 Å². The van der Waals surface area contributed by atoms with Gasteiger partial charge in [0.1, 0.15) is 5.75 Å². The molecule has 0 radical (unpaired) electrons. The molecule has 27 heavy (non-hydrogen) atoms. The van der Waals surface area contributed by atoms with Gasteiger partial charge in [-0.25, -0.2) is 8.78 Å².